The van der Waals surface area contributed by atoms with Crippen LogP contribution in [0.5, 0.6) is 0 Å². The Bertz CT molecular complexity index is 822. The molecule has 0 aromatic carbocycles. The Labute approximate surface area is 216 Å². The smallest absolute Gasteiger partial charge is 0.408 e. The van der Waals surface area contributed by atoms with E-state index in [9.17, 15) is 9.59 Å². The molecule has 1 spiro atoms. The number of carbonyl (C=O) groups is 2. The number of allylic oxidation sites excluding steroid dienone is 1. The first-order valence-corrected chi connectivity index (χ1v) is 13.2. The number of hydrogen-bond acceptors (Lipinski definition) is 7. The first-order chi connectivity index (χ1) is 16.8. The van der Waals surface area contributed by atoms with E-state index in [2.05, 4.69) is 32.2 Å². The summed E-state index contributed by atoms with van der Waals surface area (Å²) >= 11 is 0. The summed E-state index contributed by atoms with van der Waals surface area (Å²) < 4.78 is 24.1. The number of likely N-dealkylation sites (N-methyl/N-ethyl adjacent to an activating group) is 2. The van der Waals surface area contributed by atoms with Crippen molar-refractivity contribution in [2.45, 2.75) is 89.4 Å². The number of hydrogen-bond donors (Lipinski definition) is 1. The molecule has 206 valence electrons. The molecule has 7 atom stereocenters. The molecule has 0 aromatic heterocycles. The van der Waals surface area contributed by atoms with Crippen LogP contribution in [-0.2, 0) is 23.7 Å². The zero-order valence-corrected chi connectivity index (χ0v) is 23.6. The quantitative estimate of drug-likeness (QED) is 0.338. The zero-order valence-electron chi connectivity index (χ0n) is 23.6. The van der Waals surface area contributed by atoms with E-state index in [1.807, 2.05) is 32.8 Å². The predicted octanol–water partition coefficient (Wildman–Crippen LogP) is 2.83. The van der Waals surface area contributed by atoms with Crippen molar-refractivity contribution in [1.82, 2.24) is 15.1 Å². The molecule has 3 aliphatic rings. The molecule has 9 nitrogen and oxygen atoms in total. The summed E-state index contributed by atoms with van der Waals surface area (Å²) in [5, 5.41) is 2.83. The van der Waals surface area contributed by atoms with Crippen molar-refractivity contribution in [2.75, 3.05) is 47.9 Å². The van der Waals surface area contributed by atoms with Crippen molar-refractivity contribution >= 4 is 12.0 Å². The van der Waals surface area contributed by atoms with Crippen molar-refractivity contribution in [3.8, 4) is 0 Å². The van der Waals surface area contributed by atoms with Crippen LogP contribution in [0.25, 0.3) is 0 Å². The van der Waals surface area contributed by atoms with Crippen LogP contribution in [0.4, 0.5) is 4.79 Å². The summed E-state index contributed by atoms with van der Waals surface area (Å²) in [6, 6.07) is -0.666. The lowest BCUT2D eigenvalue weighted by Crippen LogP contribution is -2.57. The number of epoxide rings is 2. The fourth-order valence-corrected chi connectivity index (χ4v) is 5.58. The Morgan fingerprint density at radius 3 is 2.39 bits per heavy atom. The number of carbonyl (C=O) groups excluding carboxylic acids is 2. The number of amides is 2. The van der Waals surface area contributed by atoms with Crippen molar-refractivity contribution in [1.29, 1.82) is 0 Å². The first kappa shape index (κ1) is 28.9. The Morgan fingerprint density at radius 2 is 1.86 bits per heavy atom. The molecular formula is C27H47N3O6. The molecular weight excluding hydrogens is 462 g/mol. The molecule has 1 unspecified atom stereocenters. The highest BCUT2D eigenvalue weighted by atomic mass is 16.6. The highest BCUT2D eigenvalue weighted by Gasteiger charge is 2.72. The Hall–Kier alpha value is -1.68. The van der Waals surface area contributed by atoms with Gasteiger partial charge in [0, 0.05) is 27.2 Å². The lowest BCUT2D eigenvalue weighted by atomic mass is 9.68. The van der Waals surface area contributed by atoms with E-state index in [4.69, 9.17) is 18.9 Å². The Morgan fingerprint density at radius 1 is 1.19 bits per heavy atom. The fourth-order valence-electron chi connectivity index (χ4n) is 5.58. The minimum Gasteiger partial charge on any atom is -0.443 e. The molecule has 3 rings (SSSR count). The lowest BCUT2D eigenvalue weighted by Gasteiger charge is -2.42. The Kier molecular flexibility index (Phi) is 9.13. The number of nitrogens with zero attached hydrogens (tertiary/aromatic N) is 2. The third kappa shape index (κ3) is 6.41. The van der Waals surface area contributed by atoms with Gasteiger partial charge in [0.1, 0.15) is 29.5 Å². The minimum absolute atomic E-state index is 0.0446. The number of methoxy groups -OCH3 is 1. The van der Waals surface area contributed by atoms with Crippen LogP contribution in [0.3, 0.4) is 0 Å². The van der Waals surface area contributed by atoms with Crippen LogP contribution < -0.4 is 5.32 Å². The largest absolute Gasteiger partial charge is 0.443 e. The molecule has 0 aromatic rings. The number of rotatable bonds is 11. The third-order valence-electron chi connectivity index (χ3n) is 7.96. The van der Waals surface area contributed by atoms with Gasteiger partial charge < -0.3 is 34.1 Å². The topological polar surface area (TPSA) is 96.2 Å². The lowest BCUT2D eigenvalue weighted by molar-refractivity contribution is -0.134. The van der Waals surface area contributed by atoms with Gasteiger partial charge in [-0.15, -0.1) is 0 Å². The van der Waals surface area contributed by atoms with Gasteiger partial charge in [0.2, 0.25) is 5.91 Å². The maximum atomic E-state index is 13.1. The van der Waals surface area contributed by atoms with E-state index in [-0.39, 0.29) is 35.6 Å². The highest BCUT2D eigenvalue weighted by molar-refractivity contribution is 5.85. The molecule has 9 heteroatoms. The second kappa shape index (κ2) is 11.4. The summed E-state index contributed by atoms with van der Waals surface area (Å²) in [6.07, 6.45) is 3.14. The summed E-state index contributed by atoms with van der Waals surface area (Å²) in [6.45, 7) is 12.1. The van der Waals surface area contributed by atoms with Crippen molar-refractivity contribution < 1.29 is 28.5 Å². The average Bonchev–Trinajstić information content (AvgIpc) is 3.72. The standard InChI is InChI=1S/C27H47N3O6/c1-17(2)10-11-20-26(5,36-20)23-22(33-9)19(12-13-27(23)16-34-27)35-25(32)28-21(18(3)4)24(31)30(8)15-14-29(6)7/h10,18-23H,11-16H2,1-9H3,(H,28,32)/t19-,20-,21-,22-,23-,26?,27+/m1/s1. The van der Waals surface area contributed by atoms with Crippen molar-refractivity contribution in [3.63, 3.8) is 0 Å². The molecule has 36 heavy (non-hydrogen) atoms. The van der Waals surface area contributed by atoms with Gasteiger partial charge >= 0.3 is 6.09 Å². The summed E-state index contributed by atoms with van der Waals surface area (Å²) in [5.41, 5.74) is 0.584. The second-order valence-corrected chi connectivity index (χ2v) is 11.8. The third-order valence-corrected chi connectivity index (χ3v) is 7.96. The summed E-state index contributed by atoms with van der Waals surface area (Å²) in [7, 11) is 7.35. The van der Waals surface area contributed by atoms with E-state index in [1.54, 1.807) is 19.1 Å². The van der Waals surface area contributed by atoms with Gasteiger partial charge in [-0.25, -0.2) is 4.79 Å². The molecule has 0 radical (unpaired) electrons. The zero-order chi connectivity index (χ0) is 26.8. The van der Waals surface area contributed by atoms with Crippen LogP contribution in [0, 0.1) is 11.8 Å². The Balaban J connectivity index is 1.67. The minimum atomic E-state index is -0.666. The molecule has 2 amide bonds. The molecule has 2 saturated heterocycles. The highest BCUT2D eigenvalue weighted by Crippen LogP contribution is 2.59. The number of alkyl carbamates (subject to hydrolysis) is 1. The molecule has 3 fully saturated rings. The van der Waals surface area contributed by atoms with E-state index >= 15 is 0 Å². The fraction of sp³-hybridized carbons (Fsp3) is 0.852. The number of ether oxygens (including phenoxy) is 4. The second-order valence-electron chi connectivity index (χ2n) is 11.8. The average molecular weight is 510 g/mol. The van der Waals surface area contributed by atoms with E-state index in [0.29, 0.717) is 19.6 Å². The van der Waals surface area contributed by atoms with Crippen LogP contribution in [0.1, 0.15) is 53.9 Å². The van der Waals surface area contributed by atoms with Gasteiger partial charge in [-0.3, -0.25) is 4.79 Å². The summed E-state index contributed by atoms with van der Waals surface area (Å²) in [5.74, 6) is -0.251. The van der Waals surface area contributed by atoms with Crippen molar-refractivity contribution in [3.05, 3.63) is 11.6 Å². The normalized spacial score (nSPS) is 33.9. The van der Waals surface area contributed by atoms with Crippen LogP contribution >= 0.6 is 0 Å². The maximum Gasteiger partial charge on any atom is 0.408 e. The van der Waals surface area contributed by atoms with Crippen LogP contribution in [0.15, 0.2) is 11.6 Å². The van der Waals surface area contributed by atoms with Crippen LogP contribution in [-0.4, -0.2) is 105 Å². The molecule has 0 bridgehead atoms. The van der Waals surface area contributed by atoms with E-state index < -0.39 is 23.8 Å². The van der Waals surface area contributed by atoms with Gasteiger partial charge in [0.25, 0.3) is 0 Å². The van der Waals surface area contributed by atoms with Gasteiger partial charge in [-0.2, -0.15) is 0 Å². The monoisotopic (exact) mass is 509 g/mol. The van der Waals surface area contributed by atoms with Crippen molar-refractivity contribution in [2.24, 2.45) is 11.8 Å². The van der Waals surface area contributed by atoms with E-state index in [0.717, 1.165) is 19.4 Å². The summed E-state index contributed by atoms with van der Waals surface area (Å²) in [4.78, 5) is 29.8. The SMILES string of the molecule is CO[C@H]1[C@H](C2(C)O[C@@H]2CC=C(C)C)[C@]2(CC[C@H]1OC(=O)N[C@@H](C(=O)N(C)CCN(C)C)C(C)C)CO2. The van der Waals surface area contributed by atoms with Gasteiger partial charge in [0.05, 0.1) is 18.6 Å². The molecule has 2 heterocycles. The van der Waals surface area contributed by atoms with E-state index in [1.165, 1.54) is 5.57 Å². The maximum absolute atomic E-state index is 13.1. The first-order valence-electron chi connectivity index (χ1n) is 13.2. The molecule has 1 saturated carbocycles. The molecule has 1 N–H and O–H groups in total. The van der Waals surface area contributed by atoms with Gasteiger partial charge in [-0.05, 0) is 60.0 Å². The predicted molar refractivity (Wildman–Crippen MR) is 138 cm³/mol. The molecule has 1 aliphatic carbocycles. The van der Waals surface area contributed by atoms with Gasteiger partial charge in [0.15, 0.2) is 0 Å². The van der Waals surface area contributed by atoms with Gasteiger partial charge in [-0.1, -0.05) is 25.5 Å². The molecule has 2 aliphatic heterocycles. The number of nitrogens with one attached hydrogen (secondary N) is 1. The van der Waals surface area contributed by atoms with Crippen LogP contribution in [0.2, 0.25) is 0 Å².